The second-order valence-corrected chi connectivity index (χ2v) is 3.33. The highest BCUT2D eigenvalue weighted by atomic mass is 16.2. The number of hydrogen-bond donors (Lipinski definition) is 3. The summed E-state index contributed by atoms with van der Waals surface area (Å²) >= 11 is 0. The first-order valence-corrected chi connectivity index (χ1v) is 4.91. The molecule has 86 valence electrons. The molecule has 5 N–H and O–H groups in total. The van der Waals surface area contributed by atoms with Crippen molar-refractivity contribution in [2.75, 3.05) is 5.73 Å². The Labute approximate surface area is 97.7 Å². The molecule has 0 saturated carbocycles. The summed E-state index contributed by atoms with van der Waals surface area (Å²) in [4.78, 5) is 19.5. The molecular weight excluding hydrogens is 218 g/mol. The predicted molar refractivity (Wildman–Crippen MR) is 63.5 cm³/mol. The number of amides is 1. The highest BCUT2D eigenvalue weighted by Crippen LogP contribution is 2.17. The number of benzene rings is 1. The van der Waals surface area contributed by atoms with Crippen LogP contribution in [0.2, 0.25) is 0 Å². The van der Waals surface area contributed by atoms with Crippen molar-refractivity contribution in [1.82, 2.24) is 15.4 Å². The topological polar surface area (TPSA) is 107 Å². The highest BCUT2D eigenvalue weighted by Gasteiger charge is 2.12. The van der Waals surface area contributed by atoms with Crippen molar-refractivity contribution in [2.24, 2.45) is 5.84 Å². The zero-order chi connectivity index (χ0) is 12.3. The lowest BCUT2D eigenvalue weighted by atomic mass is 10.1. The fraction of sp³-hybridized carbons (Fsp3) is 0. The van der Waals surface area contributed by atoms with Gasteiger partial charge in [0.1, 0.15) is 0 Å². The molecule has 0 spiro atoms. The minimum absolute atomic E-state index is 0.0221. The molecule has 0 aliphatic heterocycles. The first-order valence-electron chi connectivity index (χ1n) is 4.91. The zero-order valence-corrected chi connectivity index (χ0v) is 8.92. The van der Waals surface area contributed by atoms with E-state index in [1.165, 1.54) is 6.20 Å². The molecular formula is C11H11N5O. The van der Waals surface area contributed by atoms with Gasteiger partial charge in [0.25, 0.3) is 5.91 Å². The molecule has 0 atom stereocenters. The van der Waals surface area contributed by atoms with Crippen LogP contribution in [0.25, 0.3) is 11.3 Å². The first-order chi connectivity index (χ1) is 8.22. The maximum atomic E-state index is 11.4. The van der Waals surface area contributed by atoms with Gasteiger partial charge in [-0.25, -0.2) is 15.8 Å². The Balaban J connectivity index is 2.48. The van der Waals surface area contributed by atoms with Crippen LogP contribution in [0.4, 0.5) is 5.82 Å². The Morgan fingerprint density at radius 3 is 2.59 bits per heavy atom. The normalized spacial score (nSPS) is 9.94. The van der Waals surface area contributed by atoms with Gasteiger partial charge in [0.15, 0.2) is 11.5 Å². The van der Waals surface area contributed by atoms with E-state index in [0.29, 0.717) is 5.69 Å². The molecule has 0 fully saturated rings. The van der Waals surface area contributed by atoms with E-state index in [2.05, 4.69) is 9.97 Å². The molecule has 2 aromatic rings. The number of aromatic nitrogens is 2. The van der Waals surface area contributed by atoms with Crippen molar-refractivity contribution in [3.63, 3.8) is 0 Å². The summed E-state index contributed by atoms with van der Waals surface area (Å²) in [5.41, 5.74) is 8.98. The molecule has 0 bridgehead atoms. The average Bonchev–Trinajstić information content (AvgIpc) is 2.39. The summed E-state index contributed by atoms with van der Waals surface area (Å²) < 4.78 is 0. The molecule has 0 aliphatic carbocycles. The standard InChI is InChI=1S/C11H11N5O/c12-10-9(11(17)16-13)15-8(6-14-10)7-4-2-1-3-5-7/h1-6H,13H2,(H2,12,14)(H,16,17). The van der Waals surface area contributed by atoms with Crippen molar-refractivity contribution in [3.05, 3.63) is 42.2 Å². The number of nitrogens with two attached hydrogens (primary N) is 2. The van der Waals surface area contributed by atoms with E-state index in [-0.39, 0.29) is 11.5 Å². The van der Waals surface area contributed by atoms with Crippen molar-refractivity contribution in [3.8, 4) is 11.3 Å². The third kappa shape index (κ3) is 2.21. The third-order valence-corrected chi connectivity index (χ3v) is 2.22. The van der Waals surface area contributed by atoms with Crippen molar-refractivity contribution < 1.29 is 4.79 Å². The second kappa shape index (κ2) is 4.58. The zero-order valence-electron chi connectivity index (χ0n) is 8.92. The van der Waals surface area contributed by atoms with Gasteiger partial charge in [0.05, 0.1) is 11.9 Å². The molecule has 6 nitrogen and oxygen atoms in total. The smallest absolute Gasteiger partial charge is 0.287 e. The lowest BCUT2D eigenvalue weighted by molar-refractivity contribution is 0.0949. The van der Waals surface area contributed by atoms with Crippen molar-refractivity contribution in [1.29, 1.82) is 0 Å². The van der Waals surface area contributed by atoms with Gasteiger partial charge in [0, 0.05) is 5.56 Å². The molecule has 1 heterocycles. The number of carbonyl (C=O) groups excluding carboxylic acids is 1. The van der Waals surface area contributed by atoms with Gasteiger partial charge in [-0.2, -0.15) is 0 Å². The number of hydrazine groups is 1. The number of rotatable bonds is 2. The van der Waals surface area contributed by atoms with E-state index in [1.54, 1.807) is 0 Å². The van der Waals surface area contributed by atoms with Gasteiger partial charge >= 0.3 is 0 Å². The Hall–Kier alpha value is -2.47. The van der Waals surface area contributed by atoms with Gasteiger partial charge < -0.3 is 5.73 Å². The minimum atomic E-state index is -0.562. The molecule has 17 heavy (non-hydrogen) atoms. The Bertz CT molecular complexity index is 541. The van der Waals surface area contributed by atoms with E-state index in [9.17, 15) is 4.79 Å². The van der Waals surface area contributed by atoms with Gasteiger partial charge in [-0.05, 0) is 0 Å². The lowest BCUT2D eigenvalue weighted by Gasteiger charge is -2.05. The summed E-state index contributed by atoms with van der Waals surface area (Å²) in [6, 6.07) is 9.36. The maximum absolute atomic E-state index is 11.4. The van der Waals surface area contributed by atoms with Crippen molar-refractivity contribution in [2.45, 2.75) is 0 Å². The van der Waals surface area contributed by atoms with Gasteiger partial charge in [-0.3, -0.25) is 10.2 Å². The number of nitrogens with zero attached hydrogens (tertiary/aromatic N) is 2. The molecule has 0 saturated heterocycles. The van der Waals surface area contributed by atoms with Gasteiger partial charge in [-0.15, -0.1) is 0 Å². The third-order valence-electron chi connectivity index (χ3n) is 2.22. The Kier molecular flexibility index (Phi) is 2.97. The quantitative estimate of drug-likeness (QED) is 0.391. The van der Waals surface area contributed by atoms with Gasteiger partial charge in [-0.1, -0.05) is 30.3 Å². The SMILES string of the molecule is NNC(=O)c1nc(-c2ccccc2)cnc1N. The van der Waals surface area contributed by atoms with E-state index < -0.39 is 5.91 Å². The number of hydrogen-bond acceptors (Lipinski definition) is 5. The number of carbonyl (C=O) groups is 1. The van der Waals surface area contributed by atoms with Crippen LogP contribution >= 0.6 is 0 Å². The summed E-state index contributed by atoms with van der Waals surface area (Å²) in [5.74, 6) is 4.53. The summed E-state index contributed by atoms with van der Waals surface area (Å²) in [6.45, 7) is 0. The fourth-order valence-electron chi connectivity index (χ4n) is 1.38. The number of nitrogens with one attached hydrogen (secondary N) is 1. The maximum Gasteiger partial charge on any atom is 0.287 e. The molecule has 1 amide bonds. The van der Waals surface area contributed by atoms with E-state index in [0.717, 1.165) is 5.56 Å². The summed E-state index contributed by atoms with van der Waals surface area (Å²) in [6.07, 6.45) is 1.51. The monoisotopic (exact) mass is 229 g/mol. The minimum Gasteiger partial charge on any atom is -0.382 e. The summed E-state index contributed by atoms with van der Waals surface area (Å²) in [7, 11) is 0. The fourth-order valence-corrected chi connectivity index (χ4v) is 1.38. The van der Waals surface area contributed by atoms with Crippen LogP contribution < -0.4 is 17.0 Å². The van der Waals surface area contributed by atoms with E-state index >= 15 is 0 Å². The average molecular weight is 229 g/mol. The van der Waals surface area contributed by atoms with Crippen LogP contribution in [0.15, 0.2) is 36.5 Å². The van der Waals surface area contributed by atoms with Crippen LogP contribution in [0.3, 0.4) is 0 Å². The molecule has 1 aromatic heterocycles. The molecule has 6 heteroatoms. The van der Waals surface area contributed by atoms with Crippen LogP contribution in [0.5, 0.6) is 0 Å². The first kappa shape index (κ1) is 11.0. The molecule has 2 rings (SSSR count). The second-order valence-electron chi connectivity index (χ2n) is 3.33. The number of nitrogen functional groups attached to an aromatic ring is 2. The Morgan fingerprint density at radius 1 is 1.24 bits per heavy atom. The van der Waals surface area contributed by atoms with E-state index in [4.69, 9.17) is 11.6 Å². The largest absolute Gasteiger partial charge is 0.382 e. The highest BCUT2D eigenvalue weighted by molar-refractivity contribution is 5.96. The molecule has 0 unspecified atom stereocenters. The predicted octanol–water partition coefficient (Wildman–Crippen LogP) is 0.329. The van der Waals surface area contributed by atoms with Crippen LogP contribution in [0, 0.1) is 0 Å². The van der Waals surface area contributed by atoms with Crippen LogP contribution in [-0.4, -0.2) is 15.9 Å². The van der Waals surface area contributed by atoms with Crippen LogP contribution in [0.1, 0.15) is 10.5 Å². The van der Waals surface area contributed by atoms with Crippen molar-refractivity contribution >= 4 is 11.7 Å². The lowest BCUT2D eigenvalue weighted by Crippen LogP contribution is -2.31. The molecule has 0 aliphatic rings. The Morgan fingerprint density at radius 2 is 1.94 bits per heavy atom. The molecule has 0 radical (unpaired) electrons. The summed E-state index contributed by atoms with van der Waals surface area (Å²) in [5, 5.41) is 0. The van der Waals surface area contributed by atoms with E-state index in [1.807, 2.05) is 35.8 Å². The molecule has 1 aromatic carbocycles. The number of anilines is 1. The van der Waals surface area contributed by atoms with Gasteiger partial charge in [0.2, 0.25) is 0 Å². The van der Waals surface area contributed by atoms with Crippen LogP contribution in [-0.2, 0) is 0 Å².